The minimum atomic E-state index is -4.78. The highest BCUT2D eigenvalue weighted by Gasteiger charge is 2.28. The molecule has 430 valence electrons. The highest BCUT2D eigenvalue weighted by molar-refractivity contribution is 7.47. The second-order valence-electron chi connectivity index (χ2n) is 18.7. The summed E-state index contributed by atoms with van der Waals surface area (Å²) in [6.45, 7) is 4.24. The molecule has 0 aromatic heterocycles. The fourth-order valence-corrected chi connectivity index (χ4v) is 7.97. The zero-order valence-corrected chi connectivity index (χ0v) is 48.3. The van der Waals surface area contributed by atoms with E-state index in [0.717, 1.165) is 148 Å². The van der Waals surface area contributed by atoms with Crippen molar-refractivity contribution < 1.29 is 52.2 Å². The van der Waals surface area contributed by atoms with Gasteiger partial charge >= 0.3 is 25.7 Å². The van der Waals surface area contributed by atoms with E-state index in [1.54, 1.807) is 0 Å². The molecular formula is C64H103O11P. The number of aliphatic hydroxyl groups excluding tert-OH is 1. The third-order valence-electron chi connectivity index (χ3n) is 11.5. The van der Waals surface area contributed by atoms with Crippen LogP contribution in [0, 0.1) is 0 Å². The van der Waals surface area contributed by atoms with Gasteiger partial charge in [0.2, 0.25) is 0 Å². The van der Waals surface area contributed by atoms with Crippen LogP contribution in [0.5, 0.6) is 0 Å². The predicted octanol–water partition coefficient (Wildman–Crippen LogP) is 17.4. The Morgan fingerprint density at radius 2 is 0.697 bits per heavy atom. The minimum absolute atomic E-state index is 0.0775. The molecule has 0 aliphatic carbocycles. The van der Waals surface area contributed by atoms with Crippen molar-refractivity contribution in [2.24, 2.45) is 0 Å². The van der Waals surface area contributed by atoms with Gasteiger partial charge in [0.15, 0.2) is 6.10 Å². The zero-order chi connectivity index (χ0) is 55.5. The Balaban J connectivity index is 4.86. The van der Waals surface area contributed by atoms with Gasteiger partial charge in [0, 0.05) is 19.3 Å². The van der Waals surface area contributed by atoms with Crippen LogP contribution in [0.2, 0.25) is 0 Å². The van der Waals surface area contributed by atoms with E-state index in [9.17, 15) is 28.9 Å². The predicted molar refractivity (Wildman–Crippen MR) is 316 cm³/mol. The number of phosphoric ester groups is 1. The number of aliphatic hydroxyl groups is 1. The van der Waals surface area contributed by atoms with Gasteiger partial charge in [-0.2, -0.15) is 0 Å². The van der Waals surface area contributed by atoms with E-state index >= 15 is 0 Å². The maximum atomic E-state index is 12.9. The Labute approximate surface area is 461 Å². The zero-order valence-electron chi connectivity index (χ0n) is 47.4. The number of phosphoric acid groups is 1. The molecule has 3 atom stereocenters. The van der Waals surface area contributed by atoms with E-state index in [1.807, 2.05) is 12.2 Å². The maximum Gasteiger partial charge on any atom is 0.472 e. The molecule has 3 unspecified atom stereocenters. The second kappa shape index (κ2) is 56.8. The van der Waals surface area contributed by atoms with E-state index in [1.165, 1.54) is 0 Å². The third kappa shape index (κ3) is 54.4. The fourth-order valence-electron chi connectivity index (χ4n) is 7.18. The van der Waals surface area contributed by atoms with Crippen LogP contribution < -0.4 is 0 Å². The molecule has 0 saturated carbocycles. The van der Waals surface area contributed by atoms with E-state index in [-0.39, 0.29) is 25.9 Å². The summed E-state index contributed by atoms with van der Waals surface area (Å²) in [6, 6.07) is 0. The van der Waals surface area contributed by atoms with Gasteiger partial charge in [0.25, 0.3) is 0 Å². The highest BCUT2D eigenvalue weighted by Crippen LogP contribution is 2.43. The molecule has 12 heteroatoms. The van der Waals surface area contributed by atoms with Gasteiger partial charge in [0.05, 0.1) is 19.8 Å². The van der Waals surface area contributed by atoms with Gasteiger partial charge in [-0.15, -0.1) is 0 Å². The van der Waals surface area contributed by atoms with Crippen LogP contribution in [0.25, 0.3) is 0 Å². The number of carbonyl (C=O) groups excluding carboxylic acids is 3. The first-order valence-electron chi connectivity index (χ1n) is 29.1. The van der Waals surface area contributed by atoms with Crippen LogP contribution >= 0.6 is 7.82 Å². The van der Waals surface area contributed by atoms with Gasteiger partial charge in [-0.1, -0.05) is 206 Å². The molecule has 2 N–H and O–H groups in total. The molecule has 0 fully saturated rings. The van der Waals surface area contributed by atoms with E-state index in [0.29, 0.717) is 25.7 Å². The molecule has 0 radical (unpaired) electrons. The van der Waals surface area contributed by atoms with Crippen molar-refractivity contribution in [2.45, 2.75) is 226 Å². The lowest BCUT2D eigenvalue weighted by Gasteiger charge is -2.21. The molecule has 0 bridgehead atoms. The molecule has 0 aliphatic heterocycles. The number of allylic oxidation sites excluding steroid dienone is 22. The smallest absolute Gasteiger partial charge is 0.462 e. The number of carbonyl (C=O) groups is 3. The first kappa shape index (κ1) is 71.6. The van der Waals surface area contributed by atoms with Crippen LogP contribution in [0.15, 0.2) is 134 Å². The quantitative estimate of drug-likeness (QED) is 0.0197. The summed E-state index contributed by atoms with van der Waals surface area (Å²) in [6.07, 6.45) is 71.3. The molecule has 11 nitrogen and oxygen atoms in total. The normalized spacial score (nSPS) is 14.3. The van der Waals surface area contributed by atoms with Gasteiger partial charge in [-0.05, 0) is 122 Å². The SMILES string of the molecule is CC/C=C\C/C=C\C/C=C\C/C=C\C/C=C\CCCC(=O)OC(COC(=O)CCCCCCCC/C=C\C/C=C\C/C=C\C/C=C\CC)COP(=O)(O)OCC(CO)OC(=O)CCCCCCC/C=C\C/C=C\CCC. The molecule has 0 rings (SSSR count). The Kier molecular flexibility index (Phi) is 53.5. The first-order valence-corrected chi connectivity index (χ1v) is 30.6. The number of hydrogen-bond donors (Lipinski definition) is 2. The molecular weight excluding hydrogens is 976 g/mol. The molecule has 0 spiro atoms. The summed E-state index contributed by atoms with van der Waals surface area (Å²) >= 11 is 0. The lowest BCUT2D eigenvalue weighted by atomic mass is 10.1. The molecule has 0 aromatic rings. The summed E-state index contributed by atoms with van der Waals surface area (Å²) in [5.74, 6) is -1.58. The number of esters is 3. The van der Waals surface area contributed by atoms with Crippen molar-refractivity contribution in [3.63, 3.8) is 0 Å². The molecule has 0 amide bonds. The van der Waals surface area contributed by atoms with Crippen LogP contribution in [0.3, 0.4) is 0 Å². The van der Waals surface area contributed by atoms with Gasteiger partial charge < -0.3 is 24.2 Å². The largest absolute Gasteiger partial charge is 0.472 e. The topological polar surface area (TPSA) is 155 Å². The maximum absolute atomic E-state index is 12.9. The average molecular weight is 1080 g/mol. The second-order valence-corrected chi connectivity index (χ2v) is 20.1. The van der Waals surface area contributed by atoms with Crippen molar-refractivity contribution in [3.8, 4) is 0 Å². The van der Waals surface area contributed by atoms with Gasteiger partial charge in [-0.25, -0.2) is 4.57 Å². The van der Waals surface area contributed by atoms with Crippen LogP contribution in [0.1, 0.15) is 213 Å². The van der Waals surface area contributed by atoms with Crippen molar-refractivity contribution in [1.29, 1.82) is 0 Å². The van der Waals surface area contributed by atoms with Gasteiger partial charge in [-0.3, -0.25) is 23.4 Å². The lowest BCUT2D eigenvalue weighted by Crippen LogP contribution is -2.30. The van der Waals surface area contributed by atoms with E-state index in [2.05, 4.69) is 142 Å². The number of ether oxygens (including phenoxy) is 3. The van der Waals surface area contributed by atoms with E-state index < -0.39 is 57.8 Å². The summed E-state index contributed by atoms with van der Waals surface area (Å²) in [4.78, 5) is 48.6. The Morgan fingerprint density at radius 3 is 1.11 bits per heavy atom. The average Bonchev–Trinajstić information content (AvgIpc) is 3.41. The Hall–Kier alpha value is -4.38. The molecule has 0 heterocycles. The molecule has 0 aliphatic rings. The Bertz CT molecular complexity index is 1780. The Morgan fingerprint density at radius 1 is 0.382 bits per heavy atom. The molecule has 76 heavy (non-hydrogen) atoms. The third-order valence-corrected chi connectivity index (χ3v) is 12.5. The first-order chi connectivity index (χ1) is 37.2. The number of hydrogen-bond acceptors (Lipinski definition) is 10. The lowest BCUT2D eigenvalue weighted by molar-refractivity contribution is -0.161. The van der Waals surface area contributed by atoms with Crippen molar-refractivity contribution >= 4 is 25.7 Å². The van der Waals surface area contributed by atoms with Crippen LogP contribution in [-0.4, -0.2) is 66.5 Å². The summed E-state index contributed by atoms with van der Waals surface area (Å²) < 4.78 is 39.4. The summed E-state index contributed by atoms with van der Waals surface area (Å²) in [7, 11) is -4.78. The van der Waals surface area contributed by atoms with Crippen LogP contribution in [0.4, 0.5) is 0 Å². The van der Waals surface area contributed by atoms with Gasteiger partial charge in [0.1, 0.15) is 12.7 Å². The number of unbranched alkanes of at least 4 members (excludes halogenated alkanes) is 13. The van der Waals surface area contributed by atoms with Crippen molar-refractivity contribution in [1.82, 2.24) is 0 Å². The van der Waals surface area contributed by atoms with Crippen molar-refractivity contribution in [2.75, 3.05) is 26.4 Å². The standard InChI is InChI=1S/C64H103O11P/c1-4-7-10-13-16-19-22-25-27-29-30-32-33-36-38-41-44-47-50-53-62(66)71-57-61(75-64(68)55-52-49-46-43-40-37-34-31-28-26-23-20-17-14-11-8-5-2)59-73-76(69,70)72-58-60(56-65)74-63(67)54-51-48-45-42-39-35-24-21-18-15-12-9-6-3/h7-8,10-12,15-17,19-21,24-28,30,32,34,37,43,46,60-61,65H,4-6,9,13-14,18,22-23,29,31,33,35-36,38-42,44-45,47-59H2,1-3H3,(H,69,70)/b10-7-,11-8-,15-12-,19-16-,20-17-,24-21-,27-25-,28-26-,32-30-,37-34-,46-43-. The monoisotopic (exact) mass is 1080 g/mol. The van der Waals surface area contributed by atoms with Crippen molar-refractivity contribution in [3.05, 3.63) is 134 Å². The number of rotatable bonds is 52. The molecule has 0 saturated heterocycles. The minimum Gasteiger partial charge on any atom is -0.462 e. The molecule has 0 aromatic carbocycles. The van der Waals surface area contributed by atoms with Crippen LogP contribution in [-0.2, 0) is 42.2 Å². The highest BCUT2D eigenvalue weighted by atomic mass is 31.2. The summed E-state index contributed by atoms with van der Waals surface area (Å²) in [5, 5.41) is 9.81. The van der Waals surface area contributed by atoms with E-state index in [4.69, 9.17) is 23.3 Å². The fraction of sp³-hybridized carbons (Fsp3) is 0.609. The summed E-state index contributed by atoms with van der Waals surface area (Å²) in [5.41, 5.74) is 0.